The summed E-state index contributed by atoms with van der Waals surface area (Å²) in [6, 6.07) is 0. The molecule has 0 aliphatic carbocycles. The molecule has 18 heavy (non-hydrogen) atoms. The lowest BCUT2D eigenvalue weighted by molar-refractivity contribution is 0.443. The van der Waals surface area contributed by atoms with Crippen LogP contribution < -0.4 is 5.73 Å². The number of rotatable bonds is 5. The highest BCUT2D eigenvalue weighted by atomic mass is 32.2. The maximum atomic E-state index is 12.3. The molecule has 8 heteroatoms. The quantitative estimate of drug-likeness (QED) is 0.823. The summed E-state index contributed by atoms with van der Waals surface area (Å²) in [6.45, 7) is 2.40. The molecule has 1 aromatic rings. The van der Waals surface area contributed by atoms with Crippen molar-refractivity contribution in [2.45, 2.75) is 17.9 Å². The molecule has 0 radical (unpaired) electrons. The topological polar surface area (TPSA) is 81.2 Å². The van der Waals surface area contributed by atoms with Gasteiger partial charge in [0.1, 0.15) is 4.90 Å². The van der Waals surface area contributed by atoms with Gasteiger partial charge in [0.25, 0.3) is 0 Å². The van der Waals surface area contributed by atoms with Crippen molar-refractivity contribution in [1.29, 1.82) is 0 Å². The smallest absolute Gasteiger partial charge is 0.246 e. The zero-order chi connectivity index (χ0) is 13.0. The standard InChI is InChI=1S/C10H18N4O2S2/c11-2-1-3-13-9-10(8-12-13)18(15,16)14-4-6-17-7-5-14/h8-9H,1-7,11H2. The summed E-state index contributed by atoms with van der Waals surface area (Å²) >= 11 is 1.79. The molecule has 1 fully saturated rings. The molecular formula is C10H18N4O2S2. The average molecular weight is 290 g/mol. The van der Waals surface area contributed by atoms with Crippen LogP contribution in [0.2, 0.25) is 0 Å². The average Bonchev–Trinajstić information content (AvgIpc) is 2.87. The second-order valence-electron chi connectivity index (χ2n) is 4.10. The molecule has 0 saturated carbocycles. The van der Waals surface area contributed by atoms with Crippen molar-refractivity contribution in [2.24, 2.45) is 5.73 Å². The predicted molar refractivity (Wildman–Crippen MR) is 72.0 cm³/mol. The number of nitrogens with two attached hydrogens (primary N) is 1. The van der Waals surface area contributed by atoms with Crippen LogP contribution in [0.15, 0.2) is 17.3 Å². The first-order valence-corrected chi connectivity index (χ1v) is 8.54. The predicted octanol–water partition coefficient (Wildman–Crippen LogP) is -0.0306. The van der Waals surface area contributed by atoms with E-state index in [4.69, 9.17) is 5.73 Å². The highest BCUT2D eigenvalue weighted by Gasteiger charge is 2.27. The summed E-state index contributed by atoms with van der Waals surface area (Å²) in [5.74, 6) is 1.72. The van der Waals surface area contributed by atoms with Crippen LogP contribution in [0.4, 0.5) is 0 Å². The van der Waals surface area contributed by atoms with E-state index in [1.807, 2.05) is 0 Å². The number of sulfonamides is 1. The van der Waals surface area contributed by atoms with Crippen LogP contribution in [0, 0.1) is 0 Å². The van der Waals surface area contributed by atoms with Crippen molar-refractivity contribution >= 4 is 21.8 Å². The Balaban J connectivity index is 2.11. The molecule has 0 amide bonds. The van der Waals surface area contributed by atoms with Crippen LogP contribution in [-0.2, 0) is 16.6 Å². The molecule has 0 aromatic carbocycles. The van der Waals surface area contributed by atoms with E-state index in [0.717, 1.165) is 17.9 Å². The Hall–Kier alpha value is -0.570. The Morgan fingerprint density at radius 2 is 2.11 bits per heavy atom. The minimum Gasteiger partial charge on any atom is -0.330 e. The summed E-state index contributed by atoms with van der Waals surface area (Å²) in [5, 5.41) is 4.06. The van der Waals surface area contributed by atoms with Gasteiger partial charge in [-0.1, -0.05) is 0 Å². The molecule has 0 atom stereocenters. The lowest BCUT2D eigenvalue weighted by Gasteiger charge is -2.24. The maximum absolute atomic E-state index is 12.3. The van der Waals surface area contributed by atoms with Gasteiger partial charge in [-0.05, 0) is 13.0 Å². The van der Waals surface area contributed by atoms with Gasteiger partial charge in [0, 0.05) is 37.3 Å². The Labute approximate surface area is 112 Å². The summed E-state index contributed by atoms with van der Waals surface area (Å²) in [6.07, 6.45) is 3.81. The van der Waals surface area contributed by atoms with Crippen LogP contribution in [0.3, 0.4) is 0 Å². The molecule has 102 valence electrons. The summed E-state index contributed by atoms with van der Waals surface area (Å²) in [7, 11) is -3.36. The van der Waals surface area contributed by atoms with Crippen molar-refractivity contribution in [3.63, 3.8) is 0 Å². The molecule has 1 saturated heterocycles. The molecule has 6 nitrogen and oxygen atoms in total. The van der Waals surface area contributed by atoms with Crippen LogP contribution >= 0.6 is 11.8 Å². The highest BCUT2D eigenvalue weighted by Crippen LogP contribution is 2.19. The third-order valence-corrected chi connectivity index (χ3v) is 5.60. The third-order valence-electron chi connectivity index (χ3n) is 2.81. The van der Waals surface area contributed by atoms with Gasteiger partial charge in [-0.3, -0.25) is 4.68 Å². The van der Waals surface area contributed by atoms with Gasteiger partial charge < -0.3 is 5.73 Å². The van der Waals surface area contributed by atoms with Gasteiger partial charge in [-0.2, -0.15) is 21.2 Å². The number of aromatic nitrogens is 2. The van der Waals surface area contributed by atoms with Crippen molar-refractivity contribution in [1.82, 2.24) is 14.1 Å². The number of aryl methyl sites for hydroxylation is 1. The van der Waals surface area contributed by atoms with Gasteiger partial charge in [0.2, 0.25) is 10.0 Å². The molecule has 1 aliphatic heterocycles. The van der Waals surface area contributed by atoms with E-state index in [2.05, 4.69) is 5.10 Å². The van der Waals surface area contributed by atoms with E-state index in [1.54, 1.807) is 22.6 Å². The third kappa shape index (κ3) is 3.05. The molecule has 1 aliphatic rings. The maximum Gasteiger partial charge on any atom is 0.246 e. The van der Waals surface area contributed by atoms with Crippen molar-refractivity contribution in [3.05, 3.63) is 12.4 Å². The molecule has 0 spiro atoms. The van der Waals surface area contributed by atoms with E-state index in [1.165, 1.54) is 10.5 Å². The van der Waals surface area contributed by atoms with Gasteiger partial charge in [0.05, 0.1) is 6.20 Å². The zero-order valence-corrected chi connectivity index (χ0v) is 11.8. The van der Waals surface area contributed by atoms with Crippen LogP contribution in [-0.4, -0.2) is 53.6 Å². The highest BCUT2D eigenvalue weighted by molar-refractivity contribution is 7.99. The van der Waals surface area contributed by atoms with E-state index in [-0.39, 0.29) is 4.90 Å². The Morgan fingerprint density at radius 1 is 1.39 bits per heavy atom. The fourth-order valence-electron chi connectivity index (χ4n) is 1.79. The zero-order valence-electron chi connectivity index (χ0n) is 10.2. The Morgan fingerprint density at radius 3 is 2.78 bits per heavy atom. The summed E-state index contributed by atoms with van der Waals surface area (Å²) in [4.78, 5) is 0.284. The molecular weight excluding hydrogens is 272 g/mol. The number of hydrogen-bond acceptors (Lipinski definition) is 5. The van der Waals surface area contributed by atoms with Crippen LogP contribution in [0.5, 0.6) is 0 Å². The van der Waals surface area contributed by atoms with Crippen molar-refractivity contribution in [2.75, 3.05) is 31.1 Å². The summed E-state index contributed by atoms with van der Waals surface area (Å²) < 4.78 is 27.8. The molecule has 0 unspecified atom stereocenters. The SMILES string of the molecule is NCCCn1cc(S(=O)(=O)N2CCSCC2)cn1. The second-order valence-corrected chi connectivity index (χ2v) is 7.26. The summed E-state index contributed by atoms with van der Waals surface area (Å²) in [5.41, 5.74) is 5.42. The minimum absolute atomic E-state index is 0.284. The number of thioether (sulfide) groups is 1. The lowest BCUT2D eigenvalue weighted by atomic mass is 10.4. The first kappa shape index (κ1) is 13.9. The van der Waals surface area contributed by atoms with Crippen molar-refractivity contribution in [3.8, 4) is 0 Å². The van der Waals surface area contributed by atoms with Crippen LogP contribution in [0.25, 0.3) is 0 Å². The monoisotopic (exact) mass is 290 g/mol. The molecule has 2 heterocycles. The van der Waals surface area contributed by atoms with E-state index < -0.39 is 10.0 Å². The first-order valence-electron chi connectivity index (χ1n) is 5.95. The molecule has 1 aromatic heterocycles. The van der Waals surface area contributed by atoms with Gasteiger partial charge in [-0.15, -0.1) is 0 Å². The Kier molecular flexibility index (Phi) is 4.66. The number of hydrogen-bond donors (Lipinski definition) is 1. The first-order chi connectivity index (χ1) is 8.64. The van der Waals surface area contributed by atoms with Gasteiger partial charge in [0.15, 0.2) is 0 Å². The largest absolute Gasteiger partial charge is 0.330 e. The fraction of sp³-hybridized carbons (Fsp3) is 0.700. The lowest BCUT2D eigenvalue weighted by Crippen LogP contribution is -2.37. The molecule has 2 rings (SSSR count). The molecule has 0 bridgehead atoms. The van der Waals surface area contributed by atoms with E-state index in [9.17, 15) is 8.42 Å². The number of nitrogens with zero attached hydrogens (tertiary/aromatic N) is 3. The van der Waals surface area contributed by atoms with Crippen LogP contribution in [0.1, 0.15) is 6.42 Å². The van der Waals surface area contributed by atoms with Crippen molar-refractivity contribution < 1.29 is 8.42 Å². The minimum atomic E-state index is -3.36. The molecule has 2 N–H and O–H groups in total. The second kappa shape index (κ2) is 6.05. The van der Waals surface area contributed by atoms with Gasteiger partial charge >= 0.3 is 0 Å². The van der Waals surface area contributed by atoms with Gasteiger partial charge in [-0.25, -0.2) is 8.42 Å². The van der Waals surface area contributed by atoms with E-state index in [0.29, 0.717) is 26.2 Å². The normalized spacial score (nSPS) is 18.1. The fourth-order valence-corrected chi connectivity index (χ4v) is 4.32. The Bertz CT molecular complexity index is 480. The van der Waals surface area contributed by atoms with E-state index >= 15 is 0 Å².